The van der Waals surface area contributed by atoms with Crippen molar-refractivity contribution in [2.75, 3.05) is 6.54 Å². The van der Waals surface area contributed by atoms with Crippen LogP contribution < -0.4 is 4.72 Å². The zero-order chi connectivity index (χ0) is 11.5. The summed E-state index contributed by atoms with van der Waals surface area (Å²) in [6.45, 7) is 1.22. The van der Waals surface area contributed by atoms with Crippen molar-refractivity contribution in [2.45, 2.75) is 11.8 Å². The van der Waals surface area contributed by atoms with Gasteiger partial charge in [0.15, 0.2) is 0 Å². The molecule has 80 valence electrons. The molecule has 0 fully saturated rings. The Hall–Kier alpha value is -1.45. The van der Waals surface area contributed by atoms with E-state index in [1.165, 1.54) is 12.1 Å². The van der Waals surface area contributed by atoms with Crippen LogP contribution in [0.4, 0.5) is 4.39 Å². The van der Waals surface area contributed by atoms with E-state index in [0.717, 1.165) is 6.07 Å². The number of benzene rings is 1. The van der Waals surface area contributed by atoms with Gasteiger partial charge in [0.25, 0.3) is 0 Å². The largest absolute Gasteiger partial charge is 0.241 e. The van der Waals surface area contributed by atoms with Gasteiger partial charge >= 0.3 is 0 Å². The first-order valence-corrected chi connectivity index (χ1v) is 5.58. The number of nitrogens with one attached hydrogen (secondary N) is 1. The van der Waals surface area contributed by atoms with Crippen molar-refractivity contribution in [3.05, 3.63) is 29.6 Å². The predicted octanol–water partition coefficient (Wildman–Crippen LogP) is 0.936. The Labute approximate surface area is 87.4 Å². The highest BCUT2D eigenvalue weighted by molar-refractivity contribution is 7.89. The average Bonchev–Trinajstić information content (AvgIpc) is 2.18. The monoisotopic (exact) mass is 228 g/mol. The lowest BCUT2D eigenvalue weighted by molar-refractivity contribution is 0.580. The van der Waals surface area contributed by atoms with E-state index in [1.807, 2.05) is 4.72 Å². The maximum absolute atomic E-state index is 12.8. The van der Waals surface area contributed by atoms with Crippen molar-refractivity contribution in [2.24, 2.45) is 0 Å². The van der Waals surface area contributed by atoms with Crippen LogP contribution in [-0.4, -0.2) is 15.0 Å². The van der Waals surface area contributed by atoms with E-state index in [-0.39, 0.29) is 11.4 Å². The molecule has 0 unspecified atom stereocenters. The summed E-state index contributed by atoms with van der Waals surface area (Å²) >= 11 is 0. The Balaban J connectivity index is 3.16. The molecular weight excluding hydrogens is 219 g/mol. The van der Waals surface area contributed by atoms with Gasteiger partial charge in [-0.1, -0.05) is 6.07 Å². The van der Waals surface area contributed by atoms with Gasteiger partial charge in [-0.25, -0.2) is 12.8 Å². The van der Waals surface area contributed by atoms with Crippen LogP contribution in [0.25, 0.3) is 0 Å². The molecule has 15 heavy (non-hydrogen) atoms. The number of aryl methyl sites for hydroxylation is 1. The number of hydrogen-bond acceptors (Lipinski definition) is 3. The molecule has 0 aromatic heterocycles. The van der Waals surface area contributed by atoms with Crippen molar-refractivity contribution >= 4 is 10.0 Å². The lowest BCUT2D eigenvalue weighted by Gasteiger charge is -2.06. The van der Waals surface area contributed by atoms with Crippen molar-refractivity contribution in [1.82, 2.24) is 4.72 Å². The highest BCUT2D eigenvalue weighted by atomic mass is 32.2. The molecule has 0 aliphatic heterocycles. The quantitative estimate of drug-likeness (QED) is 0.782. The summed E-state index contributed by atoms with van der Waals surface area (Å²) < 4.78 is 38.0. The first-order valence-electron chi connectivity index (χ1n) is 4.10. The minimum atomic E-state index is -3.79. The van der Waals surface area contributed by atoms with Gasteiger partial charge in [0.1, 0.15) is 5.82 Å². The maximum atomic E-state index is 12.8. The van der Waals surface area contributed by atoms with Gasteiger partial charge < -0.3 is 0 Å². The Kier molecular flexibility index (Phi) is 3.39. The molecule has 0 radical (unpaired) electrons. The van der Waals surface area contributed by atoms with E-state index < -0.39 is 15.8 Å². The lowest BCUT2D eigenvalue weighted by atomic mass is 10.2. The molecule has 0 aliphatic rings. The van der Waals surface area contributed by atoms with E-state index in [4.69, 9.17) is 5.26 Å². The van der Waals surface area contributed by atoms with Gasteiger partial charge in [0, 0.05) is 0 Å². The molecule has 0 atom stereocenters. The molecule has 0 saturated carbocycles. The standard InChI is InChI=1S/C9H9FN2O2S/c1-7-2-3-8(10)6-9(7)15(13,14)12-5-4-11/h2-3,6,12H,5H2,1H3. The second-order valence-corrected chi connectivity index (χ2v) is 4.63. The van der Waals surface area contributed by atoms with Crippen molar-refractivity contribution in [3.63, 3.8) is 0 Å². The Morgan fingerprint density at radius 1 is 1.53 bits per heavy atom. The third kappa shape index (κ3) is 2.75. The molecule has 0 heterocycles. The fourth-order valence-electron chi connectivity index (χ4n) is 1.07. The van der Waals surface area contributed by atoms with Crippen molar-refractivity contribution in [1.29, 1.82) is 5.26 Å². The van der Waals surface area contributed by atoms with Gasteiger partial charge in [-0.3, -0.25) is 0 Å². The average molecular weight is 228 g/mol. The van der Waals surface area contributed by atoms with Gasteiger partial charge in [-0.2, -0.15) is 9.98 Å². The zero-order valence-corrected chi connectivity index (χ0v) is 8.81. The van der Waals surface area contributed by atoms with Crippen molar-refractivity contribution in [3.8, 4) is 6.07 Å². The van der Waals surface area contributed by atoms with E-state index in [0.29, 0.717) is 5.56 Å². The first kappa shape index (κ1) is 11.6. The normalized spacial score (nSPS) is 11.0. The maximum Gasteiger partial charge on any atom is 0.241 e. The number of sulfonamides is 1. The van der Waals surface area contributed by atoms with Gasteiger partial charge in [-0.15, -0.1) is 0 Å². The third-order valence-corrected chi connectivity index (χ3v) is 3.32. The smallest absolute Gasteiger partial charge is 0.207 e. The number of halogens is 1. The molecule has 1 N–H and O–H groups in total. The second kappa shape index (κ2) is 4.38. The topological polar surface area (TPSA) is 70.0 Å². The number of nitriles is 1. The van der Waals surface area contributed by atoms with Gasteiger partial charge in [-0.05, 0) is 24.6 Å². The van der Waals surface area contributed by atoms with E-state index >= 15 is 0 Å². The van der Waals surface area contributed by atoms with E-state index in [1.54, 1.807) is 13.0 Å². The Morgan fingerprint density at radius 2 is 2.20 bits per heavy atom. The number of rotatable bonds is 3. The minimum absolute atomic E-state index is 0.141. The van der Waals surface area contributed by atoms with E-state index in [2.05, 4.69) is 0 Å². The Bertz CT molecular complexity index is 505. The first-order chi connectivity index (χ1) is 6.97. The molecule has 0 saturated heterocycles. The summed E-state index contributed by atoms with van der Waals surface area (Å²) in [7, 11) is -3.79. The van der Waals surface area contributed by atoms with Crippen LogP contribution in [-0.2, 0) is 10.0 Å². The van der Waals surface area contributed by atoms with Crippen LogP contribution in [0, 0.1) is 24.1 Å². The molecule has 1 aromatic carbocycles. The minimum Gasteiger partial charge on any atom is -0.207 e. The fraction of sp³-hybridized carbons (Fsp3) is 0.222. The summed E-state index contributed by atoms with van der Waals surface area (Å²) in [5, 5.41) is 8.25. The molecule has 4 nitrogen and oxygen atoms in total. The summed E-state index contributed by atoms with van der Waals surface area (Å²) in [5.41, 5.74) is 0.432. The number of hydrogen-bond donors (Lipinski definition) is 1. The summed E-state index contributed by atoms with van der Waals surface area (Å²) in [6, 6.07) is 5.12. The van der Waals surface area contributed by atoms with Crippen LogP contribution in [0.5, 0.6) is 0 Å². The molecule has 6 heteroatoms. The van der Waals surface area contributed by atoms with Crippen molar-refractivity contribution < 1.29 is 12.8 Å². The predicted molar refractivity (Wildman–Crippen MR) is 51.9 cm³/mol. The SMILES string of the molecule is Cc1ccc(F)cc1S(=O)(=O)NCC#N. The van der Waals surface area contributed by atoms with Crippen LogP contribution in [0.2, 0.25) is 0 Å². The van der Waals surface area contributed by atoms with Gasteiger partial charge in [0.05, 0.1) is 17.5 Å². The highest BCUT2D eigenvalue weighted by Crippen LogP contribution is 2.15. The van der Waals surface area contributed by atoms with Crippen LogP contribution in [0.3, 0.4) is 0 Å². The molecule has 1 aromatic rings. The van der Waals surface area contributed by atoms with Crippen LogP contribution in [0.1, 0.15) is 5.56 Å². The molecule has 0 spiro atoms. The Morgan fingerprint density at radius 3 is 2.80 bits per heavy atom. The third-order valence-electron chi connectivity index (χ3n) is 1.78. The lowest BCUT2D eigenvalue weighted by Crippen LogP contribution is -2.24. The second-order valence-electron chi connectivity index (χ2n) is 2.89. The molecular formula is C9H9FN2O2S. The molecule has 0 aliphatic carbocycles. The summed E-state index contributed by atoms with van der Waals surface area (Å²) in [6.07, 6.45) is 0. The highest BCUT2D eigenvalue weighted by Gasteiger charge is 2.16. The zero-order valence-electron chi connectivity index (χ0n) is 7.99. The van der Waals surface area contributed by atoms with Crippen LogP contribution in [0.15, 0.2) is 23.1 Å². The van der Waals surface area contributed by atoms with Gasteiger partial charge in [0.2, 0.25) is 10.0 Å². The van der Waals surface area contributed by atoms with Crippen LogP contribution >= 0.6 is 0 Å². The molecule has 0 amide bonds. The summed E-state index contributed by atoms with van der Waals surface area (Å²) in [4.78, 5) is -0.141. The van der Waals surface area contributed by atoms with E-state index in [9.17, 15) is 12.8 Å². The number of nitrogens with zero attached hydrogens (tertiary/aromatic N) is 1. The summed E-state index contributed by atoms with van der Waals surface area (Å²) in [5.74, 6) is -0.627. The molecule has 0 bridgehead atoms. The molecule has 1 rings (SSSR count). The fourth-order valence-corrected chi connectivity index (χ4v) is 2.24.